The van der Waals surface area contributed by atoms with Crippen molar-refractivity contribution in [3.63, 3.8) is 0 Å². The summed E-state index contributed by atoms with van der Waals surface area (Å²) in [5.74, 6) is 0.0372. The maximum Gasteiger partial charge on any atom is 0.294 e. The van der Waals surface area contributed by atoms with Gasteiger partial charge in [-0.3, -0.25) is 4.55 Å². The van der Waals surface area contributed by atoms with Crippen molar-refractivity contribution in [2.75, 3.05) is 26.3 Å². The van der Waals surface area contributed by atoms with Gasteiger partial charge >= 0.3 is 0 Å². The molecule has 0 aliphatic heterocycles. The third-order valence-corrected chi connectivity index (χ3v) is 12.1. The predicted octanol–water partition coefficient (Wildman–Crippen LogP) is 6.52. The van der Waals surface area contributed by atoms with Crippen LogP contribution < -0.4 is 5.32 Å². The number of halogens is 1. The molecule has 0 aromatic heterocycles. The van der Waals surface area contributed by atoms with Crippen LogP contribution in [0, 0.1) is 0 Å². The molecule has 3 aromatic carbocycles. The minimum atomic E-state index is -4.04. The number of nitrogens with one attached hydrogen (secondary N) is 1. The maximum atomic E-state index is 12.8. The van der Waals surface area contributed by atoms with E-state index in [0.717, 1.165) is 100 Å². The molecule has 0 spiro atoms. The summed E-state index contributed by atoms with van der Waals surface area (Å²) in [6, 6.07) is 18.0. The molecule has 1 saturated carbocycles. The first-order valence-electron chi connectivity index (χ1n) is 16.9. The van der Waals surface area contributed by atoms with Crippen molar-refractivity contribution in [2.45, 2.75) is 98.4 Å². The summed E-state index contributed by atoms with van der Waals surface area (Å²) in [5.41, 5.74) is 2.18. The van der Waals surface area contributed by atoms with Gasteiger partial charge in [-0.2, -0.15) is 8.42 Å². The average molecular weight is 785 g/mol. The molecule has 1 atom stereocenters. The number of hydrogen-bond acceptors (Lipinski definition) is 9. The van der Waals surface area contributed by atoms with Crippen molar-refractivity contribution >= 4 is 35.9 Å². The highest BCUT2D eigenvalue weighted by Gasteiger charge is 2.30. The molecular weight excluding hydrogens is 734 g/mol. The quantitative estimate of drug-likeness (QED) is 0.0667. The number of ether oxygens (including phenoxy) is 1. The summed E-state index contributed by atoms with van der Waals surface area (Å²) >= 11 is 3.14. The third kappa shape index (κ3) is 14.4. The first-order chi connectivity index (χ1) is 23.4. The molecule has 10 nitrogen and oxygen atoms in total. The average Bonchev–Trinajstić information content (AvgIpc) is 3.64. The van der Waals surface area contributed by atoms with E-state index in [2.05, 4.69) is 21.2 Å². The molecular formula is C36H50BrNO9S2. The van der Waals surface area contributed by atoms with E-state index >= 15 is 0 Å². The lowest BCUT2D eigenvalue weighted by Gasteiger charge is -2.14. The van der Waals surface area contributed by atoms with Crippen molar-refractivity contribution in [2.24, 2.45) is 0 Å². The molecule has 0 unspecified atom stereocenters. The van der Waals surface area contributed by atoms with Crippen LogP contribution >= 0.6 is 15.9 Å². The molecule has 1 aliphatic carbocycles. The largest absolute Gasteiger partial charge is 0.508 e. The second kappa shape index (κ2) is 21.1. The number of aromatic hydroxyl groups is 1. The summed E-state index contributed by atoms with van der Waals surface area (Å²) in [4.78, 5) is 0.388. The summed E-state index contributed by atoms with van der Waals surface area (Å²) in [6.07, 6.45) is 10.0. The molecule has 1 fully saturated rings. The fourth-order valence-corrected chi connectivity index (χ4v) is 8.28. The van der Waals surface area contributed by atoms with Gasteiger partial charge in [-0.1, -0.05) is 59.8 Å². The molecule has 1 aliphatic rings. The van der Waals surface area contributed by atoms with Crippen LogP contribution in [-0.4, -0.2) is 68.3 Å². The Morgan fingerprint density at radius 1 is 0.837 bits per heavy atom. The summed E-state index contributed by atoms with van der Waals surface area (Å²) in [5, 5.41) is 32.2. The molecule has 4 rings (SSSR count). The molecule has 272 valence electrons. The van der Waals surface area contributed by atoms with Crippen LogP contribution in [0.2, 0.25) is 0 Å². The summed E-state index contributed by atoms with van der Waals surface area (Å²) in [6.45, 7) is 2.49. The number of aryl methyl sites for hydroxylation is 1. The number of benzene rings is 3. The topological polar surface area (TPSA) is 170 Å². The van der Waals surface area contributed by atoms with Crippen molar-refractivity contribution in [1.82, 2.24) is 5.32 Å². The van der Waals surface area contributed by atoms with E-state index in [1.807, 2.05) is 18.2 Å². The second-order valence-electron chi connectivity index (χ2n) is 12.3. The van der Waals surface area contributed by atoms with Crippen LogP contribution in [0.4, 0.5) is 0 Å². The first kappa shape index (κ1) is 41.1. The van der Waals surface area contributed by atoms with E-state index in [-0.39, 0.29) is 22.5 Å². The Bertz CT molecular complexity index is 1630. The molecule has 0 radical (unpaired) electrons. The van der Waals surface area contributed by atoms with E-state index in [9.17, 15) is 32.2 Å². The van der Waals surface area contributed by atoms with Crippen molar-refractivity contribution in [3.8, 4) is 5.75 Å². The number of sulfone groups is 1. The van der Waals surface area contributed by atoms with E-state index < -0.39 is 26.1 Å². The van der Waals surface area contributed by atoms with Crippen molar-refractivity contribution in [3.05, 3.63) is 87.9 Å². The zero-order chi connectivity index (χ0) is 35.7. The molecule has 0 saturated heterocycles. The lowest BCUT2D eigenvalue weighted by Crippen LogP contribution is -2.22. The fraction of sp³-hybridized carbons (Fsp3) is 0.500. The molecule has 0 heterocycles. The highest BCUT2D eigenvalue weighted by Crippen LogP contribution is 2.30. The third-order valence-electron chi connectivity index (χ3n) is 8.47. The number of unbranched alkanes of at least 4 members (excludes halogenated alkanes) is 4. The van der Waals surface area contributed by atoms with Crippen LogP contribution in [0.3, 0.4) is 0 Å². The van der Waals surface area contributed by atoms with Gasteiger partial charge in [-0.15, -0.1) is 0 Å². The SMILES string of the molecule is O=S(=O)(O)c1ccc(Br)cc1.O=S(=O)(c1cccc(CCCCOCCCCCCNC[C@H](O)c2ccc(O)c(CO)c2)c1)C1CCCC1. The Labute approximate surface area is 299 Å². The van der Waals surface area contributed by atoms with Gasteiger partial charge in [0.25, 0.3) is 10.1 Å². The van der Waals surface area contributed by atoms with Crippen LogP contribution in [0.25, 0.3) is 0 Å². The Balaban J connectivity index is 0.000000501. The Hall–Kier alpha value is -2.36. The molecule has 3 aromatic rings. The van der Waals surface area contributed by atoms with Gasteiger partial charge in [0.15, 0.2) is 9.84 Å². The Morgan fingerprint density at radius 2 is 1.51 bits per heavy atom. The van der Waals surface area contributed by atoms with E-state index in [0.29, 0.717) is 22.6 Å². The van der Waals surface area contributed by atoms with Gasteiger partial charge in [-0.25, -0.2) is 8.42 Å². The number of rotatable bonds is 19. The van der Waals surface area contributed by atoms with Gasteiger partial charge in [0.05, 0.1) is 27.8 Å². The second-order valence-corrected chi connectivity index (χ2v) is 16.8. The lowest BCUT2D eigenvalue weighted by atomic mass is 10.1. The van der Waals surface area contributed by atoms with Crippen molar-refractivity contribution < 1.29 is 41.4 Å². The Kier molecular flexibility index (Phi) is 17.7. The highest BCUT2D eigenvalue weighted by atomic mass is 79.9. The van der Waals surface area contributed by atoms with Crippen LogP contribution in [0.1, 0.15) is 87.0 Å². The number of aliphatic hydroxyl groups is 2. The molecule has 13 heteroatoms. The summed E-state index contributed by atoms with van der Waals surface area (Å²) < 4.78 is 61.7. The van der Waals surface area contributed by atoms with Gasteiger partial charge in [0, 0.05) is 29.8 Å². The Morgan fingerprint density at radius 3 is 2.18 bits per heavy atom. The smallest absolute Gasteiger partial charge is 0.294 e. The fourth-order valence-electron chi connectivity index (χ4n) is 5.61. The van der Waals surface area contributed by atoms with Gasteiger partial charge in [0.1, 0.15) is 5.75 Å². The van der Waals surface area contributed by atoms with Gasteiger partial charge in [-0.05, 0) is 111 Å². The van der Waals surface area contributed by atoms with Crippen LogP contribution in [-0.2, 0) is 37.7 Å². The van der Waals surface area contributed by atoms with E-state index in [1.54, 1.807) is 30.3 Å². The van der Waals surface area contributed by atoms with Crippen LogP contribution in [0.15, 0.2) is 81.0 Å². The van der Waals surface area contributed by atoms with Crippen LogP contribution in [0.5, 0.6) is 5.75 Å². The molecule has 0 amide bonds. The maximum absolute atomic E-state index is 12.8. The predicted molar refractivity (Wildman–Crippen MR) is 194 cm³/mol. The van der Waals surface area contributed by atoms with E-state index in [1.165, 1.54) is 18.2 Å². The molecule has 0 bridgehead atoms. The first-order valence-corrected chi connectivity index (χ1v) is 20.6. The monoisotopic (exact) mass is 783 g/mol. The minimum Gasteiger partial charge on any atom is -0.508 e. The number of aliphatic hydroxyl groups excluding tert-OH is 2. The normalized spacial score (nSPS) is 14.4. The zero-order valence-corrected chi connectivity index (χ0v) is 31.1. The summed E-state index contributed by atoms with van der Waals surface area (Å²) in [7, 11) is -7.23. The number of hydrogen-bond donors (Lipinski definition) is 5. The lowest BCUT2D eigenvalue weighted by molar-refractivity contribution is 0.126. The minimum absolute atomic E-state index is 0.0372. The van der Waals surface area contributed by atoms with Crippen molar-refractivity contribution in [1.29, 1.82) is 0 Å². The van der Waals surface area contributed by atoms with Gasteiger partial charge in [0.2, 0.25) is 0 Å². The molecule has 49 heavy (non-hydrogen) atoms. The standard InChI is InChI=1S/C30H45NO6S.C6H5BrO3S/c32-23-26-21-25(15-16-29(26)33)30(34)22-31-17-6-1-2-7-18-37-19-8-5-10-24-11-9-14-28(20-24)38(35,36)27-12-3-4-13-27;7-5-1-3-6(4-2-5)11(8,9)10/h9,11,14-16,20-21,27,30-34H,1-8,10,12-13,17-19,22-23H2;1-4H,(H,8,9,10)/t30-;/m0./s1. The zero-order valence-electron chi connectivity index (χ0n) is 27.8. The molecule has 5 N–H and O–H groups in total. The van der Waals surface area contributed by atoms with Gasteiger partial charge < -0.3 is 25.4 Å². The van der Waals surface area contributed by atoms with E-state index in [4.69, 9.17) is 9.29 Å². The number of phenols is 1. The highest BCUT2D eigenvalue weighted by molar-refractivity contribution is 9.10.